The van der Waals surface area contributed by atoms with Gasteiger partial charge in [-0.05, 0) is 49.4 Å². The van der Waals surface area contributed by atoms with Crippen molar-refractivity contribution in [2.45, 2.75) is 45.7 Å². The molecule has 0 aliphatic carbocycles. The molecule has 0 aromatic heterocycles. The van der Waals surface area contributed by atoms with Gasteiger partial charge in [0.05, 0.1) is 12.8 Å². The summed E-state index contributed by atoms with van der Waals surface area (Å²) in [5.74, 6) is 0.456. The highest BCUT2D eigenvalue weighted by Gasteiger charge is 2.29. The van der Waals surface area contributed by atoms with E-state index in [-0.39, 0.29) is 23.8 Å². The lowest BCUT2D eigenvalue weighted by Gasteiger charge is -2.36. The number of hydrogen-bond donors (Lipinski definition) is 2. The normalized spacial score (nSPS) is 17.2. The molecule has 2 unspecified atom stereocenters. The number of piperidine rings is 1. The maximum absolute atomic E-state index is 13.1. The number of aryl methyl sites for hydroxylation is 1. The van der Waals surface area contributed by atoms with E-state index in [9.17, 15) is 9.59 Å². The molecule has 0 bridgehead atoms. The van der Waals surface area contributed by atoms with Crippen molar-refractivity contribution in [2.24, 2.45) is 5.92 Å². The van der Waals surface area contributed by atoms with E-state index in [1.807, 2.05) is 63.2 Å². The van der Waals surface area contributed by atoms with E-state index in [0.29, 0.717) is 12.1 Å². The highest BCUT2D eigenvalue weighted by molar-refractivity contribution is 5.98. The average molecular weight is 424 g/mol. The van der Waals surface area contributed by atoms with Gasteiger partial charge in [0.2, 0.25) is 5.91 Å². The van der Waals surface area contributed by atoms with Crippen LogP contribution in [0, 0.1) is 12.8 Å². The van der Waals surface area contributed by atoms with Crippen LogP contribution < -0.4 is 20.3 Å². The molecule has 1 aliphatic rings. The number of rotatable bonds is 7. The molecule has 6 heteroatoms. The van der Waals surface area contributed by atoms with Gasteiger partial charge in [0.1, 0.15) is 11.8 Å². The first kappa shape index (κ1) is 22.7. The molecule has 31 heavy (non-hydrogen) atoms. The SMILES string of the molecule is COc1ccccc1N1CCCC(NC(=O)C(NC(=O)c2ccccc2C)C(C)C)C1. The van der Waals surface area contributed by atoms with Crippen LogP contribution in [0.3, 0.4) is 0 Å². The Morgan fingerprint density at radius 1 is 1.10 bits per heavy atom. The summed E-state index contributed by atoms with van der Waals surface area (Å²) >= 11 is 0. The predicted molar refractivity (Wildman–Crippen MR) is 124 cm³/mol. The van der Waals surface area contributed by atoms with Crippen LogP contribution in [-0.2, 0) is 4.79 Å². The predicted octanol–water partition coefficient (Wildman–Crippen LogP) is 3.54. The van der Waals surface area contributed by atoms with E-state index in [1.165, 1.54) is 0 Å². The summed E-state index contributed by atoms with van der Waals surface area (Å²) in [5.41, 5.74) is 2.53. The standard InChI is InChI=1S/C25H33N3O3/c1-17(2)23(27-24(29)20-12-6-5-10-18(20)3)25(30)26-19-11-9-15-28(16-19)21-13-7-8-14-22(21)31-4/h5-8,10,12-14,17,19,23H,9,11,15-16H2,1-4H3,(H,26,30)(H,27,29). The number of benzene rings is 2. The lowest BCUT2D eigenvalue weighted by atomic mass is 9.99. The first-order valence-corrected chi connectivity index (χ1v) is 11.0. The van der Waals surface area contributed by atoms with Crippen molar-refractivity contribution in [3.63, 3.8) is 0 Å². The second kappa shape index (κ2) is 10.3. The van der Waals surface area contributed by atoms with E-state index in [1.54, 1.807) is 13.2 Å². The fourth-order valence-corrected chi connectivity index (χ4v) is 4.08. The van der Waals surface area contributed by atoms with Gasteiger partial charge in [0, 0.05) is 24.7 Å². The average Bonchev–Trinajstić information content (AvgIpc) is 2.77. The fraction of sp³-hybridized carbons (Fsp3) is 0.440. The second-order valence-electron chi connectivity index (χ2n) is 8.48. The minimum atomic E-state index is -0.589. The zero-order chi connectivity index (χ0) is 22.4. The molecule has 0 spiro atoms. The van der Waals surface area contributed by atoms with Crippen LogP contribution in [0.25, 0.3) is 0 Å². The van der Waals surface area contributed by atoms with E-state index in [4.69, 9.17) is 4.74 Å². The van der Waals surface area contributed by atoms with Gasteiger partial charge in [0.15, 0.2) is 0 Å². The summed E-state index contributed by atoms with van der Waals surface area (Å²) in [4.78, 5) is 28.1. The zero-order valence-electron chi connectivity index (χ0n) is 18.9. The van der Waals surface area contributed by atoms with Gasteiger partial charge in [-0.2, -0.15) is 0 Å². The van der Waals surface area contributed by atoms with Crippen molar-refractivity contribution in [3.8, 4) is 5.75 Å². The number of methoxy groups -OCH3 is 1. The van der Waals surface area contributed by atoms with Crippen molar-refractivity contribution in [3.05, 3.63) is 59.7 Å². The Morgan fingerprint density at radius 3 is 2.52 bits per heavy atom. The first-order chi connectivity index (χ1) is 14.9. The summed E-state index contributed by atoms with van der Waals surface area (Å²) < 4.78 is 5.50. The fourth-order valence-electron chi connectivity index (χ4n) is 4.08. The molecule has 166 valence electrons. The van der Waals surface area contributed by atoms with Crippen molar-refractivity contribution < 1.29 is 14.3 Å². The molecule has 2 amide bonds. The van der Waals surface area contributed by atoms with Gasteiger partial charge < -0.3 is 20.3 Å². The van der Waals surface area contributed by atoms with Gasteiger partial charge in [-0.3, -0.25) is 9.59 Å². The minimum absolute atomic E-state index is 0.0165. The number of carbonyl (C=O) groups is 2. The molecule has 2 aromatic rings. The van der Waals surface area contributed by atoms with Crippen LogP contribution in [-0.4, -0.2) is 44.1 Å². The number of nitrogens with one attached hydrogen (secondary N) is 2. The Bertz CT molecular complexity index is 912. The molecule has 6 nitrogen and oxygen atoms in total. The van der Waals surface area contributed by atoms with Crippen LogP contribution >= 0.6 is 0 Å². The maximum Gasteiger partial charge on any atom is 0.252 e. The zero-order valence-corrected chi connectivity index (χ0v) is 18.9. The molecule has 1 heterocycles. The number of ether oxygens (including phenoxy) is 1. The maximum atomic E-state index is 13.1. The molecule has 0 radical (unpaired) electrons. The second-order valence-corrected chi connectivity index (χ2v) is 8.48. The highest BCUT2D eigenvalue weighted by atomic mass is 16.5. The van der Waals surface area contributed by atoms with E-state index in [0.717, 1.165) is 36.4 Å². The lowest BCUT2D eigenvalue weighted by molar-refractivity contribution is -0.124. The van der Waals surface area contributed by atoms with E-state index in [2.05, 4.69) is 15.5 Å². The molecule has 3 rings (SSSR count). The summed E-state index contributed by atoms with van der Waals surface area (Å²) in [6, 6.07) is 14.8. The molecular weight excluding hydrogens is 390 g/mol. The molecule has 0 saturated carbocycles. The highest BCUT2D eigenvalue weighted by Crippen LogP contribution is 2.30. The number of carbonyl (C=O) groups excluding carboxylic acids is 2. The molecule has 2 aromatic carbocycles. The van der Waals surface area contributed by atoms with Crippen LogP contribution in [0.4, 0.5) is 5.69 Å². The molecule has 2 N–H and O–H groups in total. The number of hydrogen-bond acceptors (Lipinski definition) is 4. The third-order valence-corrected chi connectivity index (χ3v) is 5.82. The van der Waals surface area contributed by atoms with Crippen molar-refractivity contribution >= 4 is 17.5 Å². The van der Waals surface area contributed by atoms with E-state index >= 15 is 0 Å². The topological polar surface area (TPSA) is 70.7 Å². The molecule has 1 saturated heterocycles. The third kappa shape index (κ3) is 5.57. The Labute approximate surface area is 185 Å². The van der Waals surface area contributed by atoms with E-state index < -0.39 is 6.04 Å². The number of para-hydroxylation sites is 2. The van der Waals surface area contributed by atoms with Crippen LogP contribution in [0.2, 0.25) is 0 Å². The van der Waals surface area contributed by atoms with Crippen LogP contribution in [0.5, 0.6) is 5.75 Å². The summed E-state index contributed by atoms with van der Waals surface area (Å²) in [5, 5.41) is 6.11. The molecule has 2 atom stereocenters. The van der Waals surface area contributed by atoms with Gasteiger partial charge in [-0.1, -0.05) is 44.2 Å². The van der Waals surface area contributed by atoms with Crippen LogP contribution in [0.1, 0.15) is 42.6 Å². The Balaban J connectivity index is 1.66. The number of anilines is 1. The molecule has 1 fully saturated rings. The number of amides is 2. The smallest absolute Gasteiger partial charge is 0.252 e. The summed E-state index contributed by atoms with van der Waals surface area (Å²) in [6.45, 7) is 7.43. The van der Waals surface area contributed by atoms with Gasteiger partial charge in [-0.15, -0.1) is 0 Å². The lowest BCUT2D eigenvalue weighted by Crippen LogP contribution is -2.55. The first-order valence-electron chi connectivity index (χ1n) is 11.0. The largest absolute Gasteiger partial charge is 0.495 e. The monoisotopic (exact) mass is 423 g/mol. The quantitative estimate of drug-likeness (QED) is 0.715. The molecular formula is C25H33N3O3. The minimum Gasteiger partial charge on any atom is -0.495 e. The van der Waals surface area contributed by atoms with Crippen molar-refractivity contribution in [1.82, 2.24) is 10.6 Å². The number of nitrogens with zero attached hydrogens (tertiary/aromatic N) is 1. The van der Waals surface area contributed by atoms with Crippen molar-refractivity contribution in [2.75, 3.05) is 25.1 Å². The summed E-state index contributed by atoms with van der Waals surface area (Å²) in [6.07, 6.45) is 1.89. The van der Waals surface area contributed by atoms with Crippen LogP contribution in [0.15, 0.2) is 48.5 Å². The molecule has 1 aliphatic heterocycles. The summed E-state index contributed by atoms with van der Waals surface area (Å²) in [7, 11) is 1.67. The van der Waals surface area contributed by atoms with Gasteiger partial charge in [0.25, 0.3) is 5.91 Å². The Hall–Kier alpha value is -3.02. The Morgan fingerprint density at radius 2 is 1.81 bits per heavy atom. The van der Waals surface area contributed by atoms with Crippen molar-refractivity contribution in [1.29, 1.82) is 0 Å². The van der Waals surface area contributed by atoms with Gasteiger partial charge >= 0.3 is 0 Å². The third-order valence-electron chi connectivity index (χ3n) is 5.82. The Kier molecular flexibility index (Phi) is 7.55. The van der Waals surface area contributed by atoms with Gasteiger partial charge in [-0.25, -0.2) is 0 Å².